The Bertz CT molecular complexity index is 1260. The van der Waals surface area contributed by atoms with Crippen molar-refractivity contribution < 1.29 is 14.6 Å². The monoisotopic (exact) mass is 464 g/mol. The third-order valence-electron chi connectivity index (χ3n) is 6.41. The van der Waals surface area contributed by atoms with E-state index >= 15 is 0 Å². The minimum absolute atomic E-state index is 0.323. The molecule has 1 aliphatic heterocycles. The Morgan fingerprint density at radius 1 is 0.714 bits per heavy atom. The molecule has 176 valence electrons. The molecule has 1 aliphatic rings. The predicted molar refractivity (Wildman–Crippen MR) is 139 cm³/mol. The van der Waals surface area contributed by atoms with Gasteiger partial charge in [0.2, 0.25) is 0 Å². The molecule has 1 N–H and O–H groups in total. The van der Waals surface area contributed by atoms with Crippen LogP contribution in [0.3, 0.4) is 0 Å². The van der Waals surface area contributed by atoms with Crippen LogP contribution in [0.15, 0.2) is 103 Å². The molecule has 35 heavy (non-hydrogen) atoms. The maximum Gasteiger partial charge on any atom is 0.335 e. The number of rotatable bonds is 7. The van der Waals surface area contributed by atoms with Crippen LogP contribution in [-0.4, -0.2) is 42.2 Å². The number of carbonyl (C=O) groups is 1. The molecular weight excluding hydrogens is 436 g/mol. The van der Waals surface area contributed by atoms with E-state index in [1.807, 2.05) is 54.6 Å². The van der Waals surface area contributed by atoms with Crippen molar-refractivity contribution in [2.45, 2.75) is 6.54 Å². The Hall–Kier alpha value is -4.09. The fraction of sp³-hybridized carbons (Fsp3) is 0.167. The van der Waals surface area contributed by atoms with E-state index in [-0.39, 0.29) is 0 Å². The minimum atomic E-state index is -0.890. The molecule has 0 radical (unpaired) electrons. The van der Waals surface area contributed by atoms with Gasteiger partial charge in [-0.25, -0.2) is 4.79 Å². The highest BCUT2D eigenvalue weighted by Gasteiger charge is 2.19. The lowest BCUT2D eigenvalue weighted by Gasteiger charge is -2.36. The van der Waals surface area contributed by atoms with Crippen molar-refractivity contribution in [1.82, 2.24) is 4.90 Å². The number of benzene rings is 4. The van der Waals surface area contributed by atoms with Crippen molar-refractivity contribution in [2.75, 3.05) is 31.1 Å². The number of hydrogen-bond acceptors (Lipinski definition) is 4. The molecule has 1 heterocycles. The van der Waals surface area contributed by atoms with E-state index < -0.39 is 5.97 Å². The first-order valence-corrected chi connectivity index (χ1v) is 11.9. The lowest BCUT2D eigenvalue weighted by Crippen LogP contribution is -2.46. The van der Waals surface area contributed by atoms with Crippen LogP contribution in [0.5, 0.6) is 11.5 Å². The molecule has 0 aliphatic carbocycles. The fourth-order valence-electron chi connectivity index (χ4n) is 4.49. The molecule has 1 fully saturated rings. The molecule has 5 heteroatoms. The third kappa shape index (κ3) is 5.53. The Kier molecular flexibility index (Phi) is 6.77. The van der Waals surface area contributed by atoms with Crippen LogP contribution in [0.25, 0.3) is 11.1 Å². The molecule has 4 aromatic carbocycles. The van der Waals surface area contributed by atoms with Gasteiger partial charge in [-0.1, -0.05) is 54.6 Å². The first-order valence-electron chi connectivity index (χ1n) is 11.9. The van der Waals surface area contributed by atoms with E-state index in [0.29, 0.717) is 5.56 Å². The Balaban J connectivity index is 1.22. The van der Waals surface area contributed by atoms with Crippen LogP contribution < -0.4 is 9.64 Å². The number of anilines is 1. The molecular formula is C30H28N2O3. The standard InChI is InChI=1S/C30H28N2O3/c33-30(34)24-10-14-26(15-11-24)32-20-18-31(19-21-32)22-25-6-4-5-9-29(25)23-12-16-28(17-13-23)35-27-7-2-1-3-8-27/h1-17H,18-22H2,(H,33,34). The molecule has 4 aromatic rings. The SMILES string of the molecule is O=C(O)c1ccc(N2CCN(Cc3ccccc3-c3ccc(Oc4ccccc4)cc3)CC2)cc1. The van der Waals surface area contributed by atoms with Crippen molar-refractivity contribution in [3.63, 3.8) is 0 Å². The van der Waals surface area contributed by atoms with Gasteiger partial charge in [0.15, 0.2) is 0 Å². The van der Waals surface area contributed by atoms with Gasteiger partial charge in [0, 0.05) is 38.4 Å². The molecule has 0 atom stereocenters. The number of ether oxygens (including phenoxy) is 1. The molecule has 0 bridgehead atoms. The second kappa shape index (κ2) is 10.5. The van der Waals surface area contributed by atoms with Gasteiger partial charge in [0.25, 0.3) is 0 Å². The van der Waals surface area contributed by atoms with Gasteiger partial charge < -0.3 is 14.7 Å². The summed E-state index contributed by atoms with van der Waals surface area (Å²) in [6.45, 7) is 4.64. The summed E-state index contributed by atoms with van der Waals surface area (Å²) >= 11 is 0. The predicted octanol–water partition coefficient (Wildman–Crippen LogP) is 6.17. The number of para-hydroxylation sites is 1. The van der Waals surface area contributed by atoms with Crippen molar-refractivity contribution in [2.24, 2.45) is 0 Å². The maximum atomic E-state index is 11.1. The van der Waals surface area contributed by atoms with Gasteiger partial charge in [0.05, 0.1) is 5.56 Å². The van der Waals surface area contributed by atoms with E-state index in [2.05, 4.69) is 46.2 Å². The van der Waals surface area contributed by atoms with Crippen LogP contribution in [0, 0.1) is 0 Å². The first kappa shape index (κ1) is 22.7. The van der Waals surface area contributed by atoms with Gasteiger partial charge in [-0.05, 0) is 65.2 Å². The molecule has 0 aromatic heterocycles. The number of carboxylic acid groups (broad SMARTS) is 1. The van der Waals surface area contributed by atoms with Gasteiger partial charge in [-0.15, -0.1) is 0 Å². The highest BCUT2D eigenvalue weighted by molar-refractivity contribution is 5.88. The van der Waals surface area contributed by atoms with Crippen LogP contribution >= 0.6 is 0 Å². The van der Waals surface area contributed by atoms with Gasteiger partial charge in [0.1, 0.15) is 11.5 Å². The first-order chi connectivity index (χ1) is 17.2. The average molecular weight is 465 g/mol. The van der Waals surface area contributed by atoms with E-state index in [4.69, 9.17) is 9.84 Å². The second-order valence-electron chi connectivity index (χ2n) is 8.71. The summed E-state index contributed by atoms with van der Waals surface area (Å²) in [6, 6.07) is 33.8. The quantitative estimate of drug-likeness (QED) is 0.355. The van der Waals surface area contributed by atoms with Gasteiger partial charge in [-0.3, -0.25) is 4.90 Å². The number of hydrogen-bond donors (Lipinski definition) is 1. The minimum Gasteiger partial charge on any atom is -0.478 e. The maximum absolute atomic E-state index is 11.1. The molecule has 5 rings (SSSR count). The normalized spacial score (nSPS) is 14.0. The zero-order valence-electron chi connectivity index (χ0n) is 19.5. The zero-order chi connectivity index (χ0) is 24.0. The Morgan fingerprint density at radius 2 is 1.34 bits per heavy atom. The summed E-state index contributed by atoms with van der Waals surface area (Å²) in [5.74, 6) is 0.765. The third-order valence-corrected chi connectivity index (χ3v) is 6.41. The lowest BCUT2D eigenvalue weighted by molar-refractivity contribution is 0.0697. The molecule has 0 amide bonds. The number of piperazine rings is 1. The van der Waals surface area contributed by atoms with E-state index in [9.17, 15) is 4.79 Å². The summed E-state index contributed by atoms with van der Waals surface area (Å²) in [5, 5.41) is 9.11. The smallest absolute Gasteiger partial charge is 0.335 e. The van der Waals surface area contributed by atoms with Crippen molar-refractivity contribution >= 4 is 11.7 Å². The highest BCUT2D eigenvalue weighted by atomic mass is 16.5. The van der Waals surface area contributed by atoms with E-state index in [0.717, 1.165) is 49.9 Å². The molecule has 0 unspecified atom stereocenters. The van der Waals surface area contributed by atoms with Crippen LogP contribution in [0.1, 0.15) is 15.9 Å². The summed E-state index contributed by atoms with van der Waals surface area (Å²) in [6.07, 6.45) is 0. The lowest BCUT2D eigenvalue weighted by atomic mass is 9.99. The number of aromatic carboxylic acids is 1. The number of carboxylic acids is 1. The summed E-state index contributed by atoms with van der Waals surface area (Å²) in [5.41, 5.74) is 5.13. The Morgan fingerprint density at radius 3 is 2.03 bits per heavy atom. The summed E-state index contributed by atoms with van der Waals surface area (Å²) < 4.78 is 5.94. The summed E-state index contributed by atoms with van der Waals surface area (Å²) in [4.78, 5) is 15.9. The van der Waals surface area contributed by atoms with Crippen molar-refractivity contribution in [1.29, 1.82) is 0 Å². The van der Waals surface area contributed by atoms with Crippen LogP contribution in [0.4, 0.5) is 5.69 Å². The topological polar surface area (TPSA) is 53.0 Å². The zero-order valence-corrected chi connectivity index (χ0v) is 19.5. The van der Waals surface area contributed by atoms with Gasteiger partial charge >= 0.3 is 5.97 Å². The average Bonchev–Trinajstić information content (AvgIpc) is 2.91. The Labute approximate surface area is 205 Å². The van der Waals surface area contributed by atoms with Crippen LogP contribution in [-0.2, 0) is 6.54 Å². The molecule has 1 saturated heterocycles. The van der Waals surface area contributed by atoms with E-state index in [1.165, 1.54) is 16.7 Å². The van der Waals surface area contributed by atoms with Crippen molar-refractivity contribution in [3.8, 4) is 22.6 Å². The molecule has 0 spiro atoms. The number of nitrogens with zero attached hydrogens (tertiary/aromatic N) is 2. The highest BCUT2D eigenvalue weighted by Crippen LogP contribution is 2.29. The molecule has 0 saturated carbocycles. The van der Waals surface area contributed by atoms with E-state index in [1.54, 1.807) is 12.1 Å². The fourth-order valence-corrected chi connectivity index (χ4v) is 4.49. The molecule has 5 nitrogen and oxygen atoms in total. The largest absolute Gasteiger partial charge is 0.478 e. The summed E-state index contributed by atoms with van der Waals surface area (Å²) in [7, 11) is 0. The van der Waals surface area contributed by atoms with Crippen molar-refractivity contribution in [3.05, 3.63) is 114 Å². The van der Waals surface area contributed by atoms with Crippen LogP contribution in [0.2, 0.25) is 0 Å². The van der Waals surface area contributed by atoms with Gasteiger partial charge in [-0.2, -0.15) is 0 Å². The second-order valence-corrected chi connectivity index (χ2v) is 8.71.